The highest BCUT2D eigenvalue weighted by Crippen LogP contribution is 2.30. The van der Waals surface area contributed by atoms with E-state index in [4.69, 9.17) is 9.47 Å². The van der Waals surface area contributed by atoms with E-state index in [2.05, 4.69) is 4.72 Å². The summed E-state index contributed by atoms with van der Waals surface area (Å²) < 4.78 is 53.0. The van der Waals surface area contributed by atoms with Crippen molar-refractivity contribution in [2.75, 3.05) is 17.8 Å². The van der Waals surface area contributed by atoms with E-state index in [-0.39, 0.29) is 29.0 Å². The number of hydrogen-bond acceptors (Lipinski definition) is 5. The molecule has 0 aliphatic carbocycles. The molecule has 0 saturated carbocycles. The fourth-order valence-electron chi connectivity index (χ4n) is 3.10. The Kier molecular flexibility index (Phi) is 6.45. The second-order valence-corrected chi connectivity index (χ2v) is 10.2. The van der Waals surface area contributed by atoms with Gasteiger partial charge in [0.1, 0.15) is 23.3 Å². The van der Waals surface area contributed by atoms with Crippen LogP contribution in [0, 0.1) is 12.7 Å². The Morgan fingerprint density at radius 1 is 1.16 bits per heavy atom. The lowest BCUT2D eigenvalue weighted by molar-refractivity contribution is 0.0276. The predicted molar refractivity (Wildman–Crippen MR) is 115 cm³/mol. The lowest BCUT2D eigenvalue weighted by atomic mass is 10.2. The zero-order valence-corrected chi connectivity index (χ0v) is 18.8. The van der Waals surface area contributed by atoms with Crippen LogP contribution >= 0.6 is 0 Å². The second kappa shape index (κ2) is 8.74. The molecule has 1 unspecified atom stereocenters. The molecule has 0 bridgehead atoms. The van der Waals surface area contributed by atoms with Crippen molar-refractivity contribution in [2.24, 2.45) is 0 Å². The van der Waals surface area contributed by atoms with Gasteiger partial charge in [-0.1, -0.05) is 17.7 Å². The van der Waals surface area contributed by atoms with Gasteiger partial charge in [0, 0.05) is 19.0 Å². The van der Waals surface area contributed by atoms with Crippen LogP contribution in [0.1, 0.15) is 32.8 Å². The van der Waals surface area contributed by atoms with Crippen molar-refractivity contribution in [3.63, 3.8) is 0 Å². The van der Waals surface area contributed by atoms with Crippen LogP contribution in [-0.4, -0.2) is 44.2 Å². The maximum atomic E-state index is 13.9. The van der Waals surface area contributed by atoms with Crippen molar-refractivity contribution >= 4 is 21.8 Å². The molecule has 0 spiro atoms. The average molecular weight is 451 g/mol. The first kappa shape index (κ1) is 22.9. The molecule has 3 rings (SSSR count). The average Bonchev–Trinajstić information content (AvgIpc) is 3.11. The zero-order chi connectivity index (χ0) is 22.8. The molecule has 0 radical (unpaired) electrons. The van der Waals surface area contributed by atoms with Crippen LogP contribution in [0.3, 0.4) is 0 Å². The third-order valence-corrected chi connectivity index (χ3v) is 5.99. The summed E-state index contributed by atoms with van der Waals surface area (Å²) in [6.45, 7) is 7.96. The molecule has 1 aliphatic rings. The molecule has 1 heterocycles. The van der Waals surface area contributed by atoms with Gasteiger partial charge in [0.15, 0.2) is 0 Å². The summed E-state index contributed by atoms with van der Waals surface area (Å²) in [6, 6.07) is 9.96. The van der Waals surface area contributed by atoms with Gasteiger partial charge in [0.2, 0.25) is 0 Å². The number of hydrogen-bond donors (Lipinski definition) is 1. The Balaban J connectivity index is 1.74. The fourth-order valence-corrected chi connectivity index (χ4v) is 4.16. The molecule has 2 aromatic rings. The molecule has 1 amide bonds. The van der Waals surface area contributed by atoms with E-state index in [0.29, 0.717) is 13.0 Å². The summed E-state index contributed by atoms with van der Waals surface area (Å²) in [5, 5.41) is 0. The number of carbonyl (C=O) groups excluding carboxylic acids is 1. The van der Waals surface area contributed by atoms with Gasteiger partial charge in [-0.05, 0) is 52.0 Å². The number of carbonyl (C=O) groups is 1. The summed E-state index contributed by atoms with van der Waals surface area (Å²) in [6.07, 6.45) is -0.264. The Hall–Kier alpha value is -2.81. The highest BCUT2D eigenvalue weighted by atomic mass is 32.2. The third-order valence-electron chi connectivity index (χ3n) is 4.61. The largest absolute Gasteiger partial charge is 0.486 e. The second-order valence-electron chi connectivity index (χ2n) is 8.51. The number of ether oxygens (including phenoxy) is 2. The first-order valence-electron chi connectivity index (χ1n) is 9.96. The number of rotatable bonds is 5. The van der Waals surface area contributed by atoms with Gasteiger partial charge >= 0.3 is 6.09 Å². The number of nitrogens with one attached hydrogen (secondary N) is 1. The number of likely N-dealkylation sites (tertiary alicyclic amines) is 1. The number of anilines is 1. The lowest BCUT2D eigenvalue weighted by Gasteiger charge is -2.24. The molecule has 31 heavy (non-hydrogen) atoms. The third kappa shape index (κ3) is 6.10. The van der Waals surface area contributed by atoms with E-state index in [1.807, 2.05) is 6.92 Å². The molecule has 1 N–H and O–H groups in total. The maximum absolute atomic E-state index is 13.9. The minimum atomic E-state index is -3.93. The van der Waals surface area contributed by atoms with Crippen molar-refractivity contribution < 1.29 is 27.1 Å². The van der Waals surface area contributed by atoms with Crippen molar-refractivity contribution in [1.82, 2.24) is 4.90 Å². The number of amides is 1. The molecular formula is C22H27FN2O5S. The van der Waals surface area contributed by atoms with Gasteiger partial charge in [-0.2, -0.15) is 0 Å². The van der Waals surface area contributed by atoms with Crippen LogP contribution < -0.4 is 9.46 Å². The minimum absolute atomic E-state index is 0.00343. The van der Waals surface area contributed by atoms with E-state index in [0.717, 1.165) is 11.6 Å². The predicted octanol–water partition coefficient (Wildman–Crippen LogP) is 4.32. The summed E-state index contributed by atoms with van der Waals surface area (Å²) in [7, 11) is -3.93. The highest BCUT2D eigenvalue weighted by Gasteiger charge is 2.31. The van der Waals surface area contributed by atoms with Crippen LogP contribution in [-0.2, 0) is 14.8 Å². The van der Waals surface area contributed by atoms with Crippen molar-refractivity contribution in [1.29, 1.82) is 0 Å². The van der Waals surface area contributed by atoms with Crippen LogP contribution in [0.2, 0.25) is 0 Å². The SMILES string of the molecule is Cc1ccc(S(=O)(=O)Nc2cc(F)ccc2OC2CCN(C(=O)OC(C)(C)C)C2)cc1. The first-order valence-corrected chi connectivity index (χ1v) is 11.4. The Morgan fingerprint density at radius 3 is 2.48 bits per heavy atom. The molecule has 0 aromatic heterocycles. The van der Waals surface area contributed by atoms with Crippen LogP contribution in [0.25, 0.3) is 0 Å². The molecule has 1 fully saturated rings. The van der Waals surface area contributed by atoms with Gasteiger partial charge in [0.05, 0.1) is 17.1 Å². The van der Waals surface area contributed by atoms with Crippen LogP contribution in [0.4, 0.5) is 14.9 Å². The summed E-state index contributed by atoms with van der Waals surface area (Å²) >= 11 is 0. The van der Waals surface area contributed by atoms with E-state index >= 15 is 0 Å². The quantitative estimate of drug-likeness (QED) is 0.733. The zero-order valence-electron chi connectivity index (χ0n) is 18.0. The van der Waals surface area contributed by atoms with E-state index in [9.17, 15) is 17.6 Å². The minimum Gasteiger partial charge on any atom is -0.486 e. The smallest absolute Gasteiger partial charge is 0.410 e. The van der Waals surface area contributed by atoms with Gasteiger partial charge in [0.25, 0.3) is 10.0 Å². The standard InChI is InChI=1S/C22H27FN2O5S/c1-15-5-8-18(9-6-15)31(27,28)24-19-13-16(23)7-10-20(19)29-17-11-12-25(14-17)21(26)30-22(2,3)4/h5-10,13,17,24H,11-12,14H2,1-4H3. The lowest BCUT2D eigenvalue weighted by Crippen LogP contribution is -2.36. The molecule has 1 saturated heterocycles. The summed E-state index contributed by atoms with van der Waals surface area (Å²) in [4.78, 5) is 13.8. The van der Waals surface area contributed by atoms with Crippen molar-refractivity contribution in [2.45, 2.75) is 50.7 Å². The van der Waals surface area contributed by atoms with Gasteiger partial charge in [-0.25, -0.2) is 17.6 Å². The van der Waals surface area contributed by atoms with Gasteiger partial charge in [-0.3, -0.25) is 4.72 Å². The number of benzene rings is 2. The molecule has 1 atom stereocenters. The van der Waals surface area contributed by atoms with Crippen molar-refractivity contribution in [3.8, 4) is 5.75 Å². The maximum Gasteiger partial charge on any atom is 0.410 e. The Labute approximate surface area is 182 Å². The van der Waals surface area contributed by atoms with E-state index in [1.54, 1.807) is 32.9 Å². The number of nitrogens with zero attached hydrogens (tertiary/aromatic N) is 1. The Morgan fingerprint density at radius 2 is 1.84 bits per heavy atom. The van der Waals surface area contributed by atoms with Gasteiger partial charge in [-0.15, -0.1) is 0 Å². The highest BCUT2D eigenvalue weighted by molar-refractivity contribution is 7.92. The van der Waals surface area contributed by atoms with Crippen LogP contribution in [0.5, 0.6) is 5.75 Å². The summed E-state index contributed by atoms with van der Waals surface area (Å²) in [5.74, 6) is -0.413. The number of halogens is 1. The molecule has 9 heteroatoms. The van der Waals surface area contributed by atoms with E-state index in [1.165, 1.54) is 29.2 Å². The topological polar surface area (TPSA) is 84.9 Å². The number of aryl methyl sites for hydroxylation is 1. The molecule has 168 valence electrons. The van der Waals surface area contributed by atoms with Crippen molar-refractivity contribution in [3.05, 3.63) is 53.8 Å². The Bertz CT molecular complexity index is 1050. The number of sulfonamides is 1. The normalized spacial score (nSPS) is 16.8. The van der Waals surface area contributed by atoms with Crippen LogP contribution in [0.15, 0.2) is 47.4 Å². The first-order chi connectivity index (χ1) is 14.4. The molecule has 2 aromatic carbocycles. The van der Waals surface area contributed by atoms with E-state index < -0.39 is 27.5 Å². The fraction of sp³-hybridized carbons (Fsp3) is 0.409. The monoisotopic (exact) mass is 450 g/mol. The summed E-state index contributed by atoms with van der Waals surface area (Å²) in [5.41, 5.74) is 0.315. The molecular weight excluding hydrogens is 423 g/mol. The van der Waals surface area contributed by atoms with Gasteiger partial charge < -0.3 is 14.4 Å². The molecule has 1 aliphatic heterocycles. The molecule has 7 nitrogen and oxygen atoms in total.